The zero-order valence-corrected chi connectivity index (χ0v) is 14.9. The number of hydrogen-bond donors (Lipinski definition) is 1. The van der Waals surface area contributed by atoms with Crippen LogP contribution in [0.15, 0.2) is 53.4 Å². The summed E-state index contributed by atoms with van der Waals surface area (Å²) >= 11 is 0. The number of hydrogen-bond acceptors (Lipinski definition) is 3. The molecule has 2 aromatic carbocycles. The first-order valence-electron chi connectivity index (χ1n) is 7.71. The van der Waals surface area contributed by atoms with Gasteiger partial charge in [0, 0.05) is 19.2 Å². The summed E-state index contributed by atoms with van der Waals surface area (Å²) in [5, 5.41) is 0. The second kappa shape index (κ2) is 7.42. The average Bonchev–Trinajstić information content (AvgIpc) is 2.60. The average molecular weight is 351 g/mol. The predicted octanol–water partition coefficient (Wildman–Crippen LogP) is 3.23. The van der Waals surface area contributed by atoms with Crippen LogP contribution in [0.5, 0.6) is 0 Å². The maximum atomic E-state index is 14.0. The Morgan fingerprint density at radius 2 is 1.75 bits per heavy atom. The monoisotopic (exact) mass is 351 g/mol. The molecule has 0 fully saturated rings. The van der Waals surface area contributed by atoms with E-state index in [1.165, 1.54) is 13.2 Å². The largest absolute Gasteiger partial charge is 0.372 e. The minimum absolute atomic E-state index is 0.0811. The van der Waals surface area contributed by atoms with Gasteiger partial charge in [-0.05, 0) is 37.1 Å². The summed E-state index contributed by atoms with van der Waals surface area (Å²) in [4.78, 5) is 0.173. The van der Waals surface area contributed by atoms with Crippen LogP contribution in [0, 0.1) is 5.82 Å². The van der Waals surface area contributed by atoms with Gasteiger partial charge in [-0.15, -0.1) is 0 Å². The number of ether oxygens (including phenoxy) is 1. The van der Waals surface area contributed by atoms with Crippen molar-refractivity contribution >= 4 is 10.0 Å². The Balaban J connectivity index is 2.21. The van der Waals surface area contributed by atoms with Crippen LogP contribution >= 0.6 is 0 Å². The normalized spacial score (nSPS) is 14.3. The van der Waals surface area contributed by atoms with Gasteiger partial charge in [-0.1, -0.05) is 37.3 Å². The van der Waals surface area contributed by atoms with Crippen molar-refractivity contribution in [3.63, 3.8) is 0 Å². The van der Waals surface area contributed by atoms with Crippen molar-refractivity contribution in [3.05, 3.63) is 65.5 Å². The molecular weight excluding hydrogens is 329 g/mol. The van der Waals surface area contributed by atoms with Gasteiger partial charge in [0.15, 0.2) is 0 Å². The van der Waals surface area contributed by atoms with Crippen molar-refractivity contribution in [2.45, 2.75) is 30.8 Å². The van der Waals surface area contributed by atoms with Crippen LogP contribution in [0.3, 0.4) is 0 Å². The van der Waals surface area contributed by atoms with Gasteiger partial charge in [-0.2, -0.15) is 0 Å². The van der Waals surface area contributed by atoms with Gasteiger partial charge in [-0.3, -0.25) is 0 Å². The van der Waals surface area contributed by atoms with Crippen LogP contribution in [0.4, 0.5) is 4.39 Å². The van der Waals surface area contributed by atoms with Crippen LogP contribution in [0.2, 0.25) is 0 Å². The third-order valence-corrected chi connectivity index (χ3v) is 5.55. The first-order chi connectivity index (χ1) is 11.3. The molecule has 0 radical (unpaired) electrons. The molecule has 1 N–H and O–H groups in total. The van der Waals surface area contributed by atoms with Crippen molar-refractivity contribution in [1.29, 1.82) is 0 Å². The van der Waals surface area contributed by atoms with E-state index in [1.54, 1.807) is 49.4 Å². The zero-order chi connectivity index (χ0) is 17.8. The Kier molecular flexibility index (Phi) is 5.74. The number of nitrogens with one attached hydrogen (secondary N) is 1. The molecule has 4 nitrogen and oxygen atoms in total. The van der Waals surface area contributed by atoms with Crippen molar-refractivity contribution in [3.8, 4) is 0 Å². The number of halogens is 1. The Bertz CT molecular complexity index is 790. The molecule has 0 aromatic heterocycles. The maximum Gasteiger partial charge on any atom is 0.240 e. The standard InChI is InChI=1S/C18H22FNO3S/c1-4-14-9-11-15(12-10-14)24(21,22)20-13-18(2,23-3)16-7-5-6-8-17(16)19/h5-12,20H,4,13H2,1-3H3. The van der Waals surface area contributed by atoms with Crippen molar-refractivity contribution in [2.75, 3.05) is 13.7 Å². The quantitative estimate of drug-likeness (QED) is 0.833. The summed E-state index contributed by atoms with van der Waals surface area (Å²) in [6.07, 6.45) is 0.836. The molecule has 0 bridgehead atoms. The molecule has 130 valence electrons. The van der Waals surface area contributed by atoms with Crippen LogP contribution in [-0.2, 0) is 26.8 Å². The van der Waals surface area contributed by atoms with Crippen LogP contribution in [-0.4, -0.2) is 22.1 Å². The van der Waals surface area contributed by atoms with Crippen LogP contribution < -0.4 is 4.72 Å². The maximum absolute atomic E-state index is 14.0. The number of methoxy groups -OCH3 is 1. The second-order valence-electron chi connectivity index (χ2n) is 5.74. The molecule has 0 aliphatic rings. The molecular formula is C18H22FNO3S. The smallest absolute Gasteiger partial charge is 0.240 e. The fourth-order valence-electron chi connectivity index (χ4n) is 2.39. The van der Waals surface area contributed by atoms with E-state index < -0.39 is 21.4 Å². The van der Waals surface area contributed by atoms with Gasteiger partial charge >= 0.3 is 0 Å². The topological polar surface area (TPSA) is 55.4 Å². The van der Waals surface area contributed by atoms with Gasteiger partial charge in [-0.25, -0.2) is 17.5 Å². The van der Waals surface area contributed by atoms with Gasteiger partial charge in [0.25, 0.3) is 0 Å². The molecule has 2 rings (SSSR count). The summed E-state index contributed by atoms with van der Waals surface area (Å²) in [6.45, 7) is 3.57. The third-order valence-electron chi connectivity index (χ3n) is 4.14. The highest BCUT2D eigenvalue weighted by molar-refractivity contribution is 7.89. The van der Waals surface area contributed by atoms with E-state index >= 15 is 0 Å². The molecule has 2 aromatic rings. The lowest BCUT2D eigenvalue weighted by molar-refractivity contribution is 0.00410. The summed E-state index contributed by atoms with van der Waals surface area (Å²) in [6, 6.07) is 12.9. The Hall–Kier alpha value is -1.76. The Morgan fingerprint density at radius 3 is 2.29 bits per heavy atom. The minimum Gasteiger partial charge on any atom is -0.372 e. The number of rotatable bonds is 7. The fourth-order valence-corrected chi connectivity index (χ4v) is 3.51. The van der Waals surface area contributed by atoms with Gasteiger partial charge in [0.2, 0.25) is 10.0 Å². The molecule has 0 aliphatic heterocycles. The number of aryl methyl sites for hydroxylation is 1. The van der Waals surface area contributed by atoms with E-state index in [0.717, 1.165) is 12.0 Å². The molecule has 0 amide bonds. The molecule has 1 unspecified atom stereocenters. The number of sulfonamides is 1. The molecule has 0 heterocycles. The molecule has 0 spiro atoms. The molecule has 0 saturated carbocycles. The van der Waals surface area contributed by atoms with E-state index in [9.17, 15) is 12.8 Å². The Labute approximate surface area is 142 Å². The van der Waals surface area contributed by atoms with E-state index in [0.29, 0.717) is 5.56 Å². The lowest BCUT2D eigenvalue weighted by Gasteiger charge is -2.29. The molecule has 24 heavy (non-hydrogen) atoms. The van der Waals surface area contributed by atoms with E-state index in [4.69, 9.17) is 4.74 Å². The highest BCUT2D eigenvalue weighted by Gasteiger charge is 2.31. The SMILES string of the molecule is CCc1ccc(S(=O)(=O)NCC(C)(OC)c2ccccc2F)cc1. The van der Waals surface area contributed by atoms with Crippen LogP contribution in [0.1, 0.15) is 25.0 Å². The Morgan fingerprint density at radius 1 is 1.12 bits per heavy atom. The predicted molar refractivity (Wildman–Crippen MR) is 91.8 cm³/mol. The van der Waals surface area contributed by atoms with Gasteiger partial charge in [0.05, 0.1) is 4.90 Å². The van der Waals surface area contributed by atoms with Crippen molar-refractivity contribution < 1.29 is 17.5 Å². The van der Waals surface area contributed by atoms with Gasteiger partial charge < -0.3 is 4.74 Å². The third kappa shape index (κ3) is 4.01. The summed E-state index contributed by atoms with van der Waals surface area (Å²) in [5.74, 6) is -0.437. The van der Waals surface area contributed by atoms with Gasteiger partial charge in [0.1, 0.15) is 11.4 Å². The minimum atomic E-state index is -3.70. The summed E-state index contributed by atoms with van der Waals surface area (Å²) in [7, 11) is -2.27. The van der Waals surface area contributed by atoms with Crippen molar-refractivity contribution in [1.82, 2.24) is 4.72 Å². The summed E-state index contributed by atoms with van der Waals surface area (Å²) in [5.41, 5.74) is 0.250. The lowest BCUT2D eigenvalue weighted by atomic mass is 9.95. The molecule has 1 atom stereocenters. The van der Waals surface area contributed by atoms with E-state index in [-0.39, 0.29) is 11.4 Å². The van der Waals surface area contributed by atoms with E-state index in [1.807, 2.05) is 6.92 Å². The lowest BCUT2D eigenvalue weighted by Crippen LogP contribution is -2.40. The number of benzene rings is 2. The highest BCUT2D eigenvalue weighted by Crippen LogP contribution is 2.27. The zero-order valence-electron chi connectivity index (χ0n) is 14.0. The second-order valence-corrected chi connectivity index (χ2v) is 7.50. The first-order valence-corrected chi connectivity index (χ1v) is 9.19. The van der Waals surface area contributed by atoms with Crippen LogP contribution in [0.25, 0.3) is 0 Å². The summed E-state index contributed by atoms with van der Waals surface area (Å²) < 4.78 is 46.9. The van der Waals surface area contributed by atoms with E-state index in [2.05, 4.69) is 4.72 Å². The fraction of sp³-hybridized carbons (Fsp3) is 0.333. The highest BCUT2D eigenvalue weighted by atomic mass is 32.2. The van der Waals surface area contributed by atoms with Crippen molar-refractivity contribution in [2.24, 2.45) is 0 Å². The first kappa shape index (κ1) is 18.6. The molecule has 0 saturated heterocycles. The molecule has 6 heteroatoms. The molecule has 0 aliphatic carbocycles.